The van der Waals surface area contributed by atoms with E-state index >= 15 is 0 Å². The van der Waals surface area contributed by atoms with Gasteiger partial charge in [-0.3, -0.25) is 0 Å². The first kappa shape index (κ1) is 19.0. The number of hydrogen-bond donors (Lipinski definition) is 0. The van der Waals surface area contributed by atoms with Crippen molar-refractivity contribution in [1.82, 2.24) is 0 Å². The summed E-state index contributed by atoms with van der Waals surface area (Å²) in [5.41, 5.74) is 3.77. The van der Waals surface area contributed by atoms with E-state index in [0.29, 0.717) is 17.4 Å². The predicted octanol–water partition coefficient (Wildman–Crippen LogP) is 7.02. The van der Waals surface area contributed by atoms with Crippen LogP contribution in [0.4, 0.5) is 4.39 Å². The van der Waals surface area contributed by atoms with Gasteiger partial charge in [0.25, 0.3) is 0 Å². The lowest BCUT2D eigenvalue weighted by Gasteiger charge is -2.41. The molecule has 2 aromatic carbocycles. The zero-order valence-electron chi connectivity index (χ0n) is 16.8. The number of allylic oxidation sites excluding steroid dienone is 1. The Hall–Kier alpha value is -2.33. The fourth-order valence-corrected chi connectivity index (χ4v) is 5.11. The van der Waals surface area contributed by atoms with Gasteiger partial charge in [0.2, 0.25) is 0 Å². The van der Waals surface area contributed by atoms with Crippen LogP contribution < -0.4 is 0 Å². The summed E-state index contributed by atoms with van der Waals surface area (Å²) >= 11 is 0. The summed E-state index contributed by atoms with van der Waals surface area (Å²) in [7, 11) is 0. The summed E-state index contributed by atoms with van der Waals surface area (Å²) in [5.74, 6) is 8.75. The minimum Gasteiger partial charge on any atom is -0.206 e. The molecule has 4 rings (SSSR count). The molecule has 0 saturated heterocycles. The number of hydrogen-bond acceptors (Lipinski definition) is 0. The first-order valence-electron chi connectivity index (χ1n) is 10.6. The second-order valence-electron chi connectivity index (χ2n) is 8.69. The van der Waals surface area contributed by atoms with E-state index in [0.717, 1.165) is 23.0 Å². The number of halogens is 1. The van der Waals surface area contributed by atoms with Crippen LogP contribution in [0.1, 0.15) is 66.7 Å². The molecule has 0 spiro atoms. The number of rotatable bonds is 2. The third-order valence-electron chi connectivity index (χ3n) is 6.84. The molecule has 0 amide bonds. The minimum atomic E-state index is -0.186. The zero-order chi connectivity index (χ0) is 19.5. The van der Waals surface area contributed by atoms with Gasteiger partial charge in [-0.1, -0.05) is 41.7 Å². The van der Waals surface area contributed by atoms with Gasteiger partial charge in [-0.2, -0.15) is 0 Å². The SMILES string of the molecule is C=CC1CCC2CC(c3ccc(C#Cc4ccc(C)cc4)c(F)c3)CCC2C1. The lowest BCUT2D eigenvalue weighted by Crippen LogP contribution is -2.30. The molecule has 4 atom stereocenters. The molecule has 1 heteroatoms. The van der Waals surface area contributed by atoms with E-state index in [2.05, 4.69) is 30.6 Å². The molecule has 0 heterocycles. The van der Waals surface area contributed by atoms with E-state index in [1.807, 2.05) is 37.3 Å². The summed E-state index contributed by atoms with van der Waals surface area (Å²) in [6, 6.07) is 13.7. The molecular formula is C27H29F. The molecule has 0 N–H and O–H groups in total. The first-order chi connectivity index (χ1) is 13.6. The minimum absolute atomic E-state index is 0.186. The van der Waals surface area contributed by atoms with Gasteiger partial charge in [-0.05, 0) is 98.9 Å². The van der Waals surface area contributed by atoms with Crippen LogP contribution in [0.2, 0.25) is 0 Å². The topological polar surface area (TPSA) is 0 Å². The zero-order valence-corrected chi connectivity index (χ0v) is 16.8. The average Bonchev–Trinajstić information content (AvgIpc) is 2.73. The van der Waals surface area contributed by atoms with Crippen LogP contribution in [0.15, 0.2) is 55.1 Å². The van der Waals surface area contributed by atoms with Crippen LogP contribution in [0.3, 0.4) is 0 Å². The Bertz CT molecular complexity index is 896. The highest BCUT2D eigenvalue weighted by atomic mass is 19.1. The normalized spacial score (nSPS) is 26.6. The van der Waals surface area contributed by atoms with Crippen LogP contribution in [0.25, 0.3) is 0 Å². The van der Waals surface area contributed by atoms with Gasteiger partial charge in [-0.25, -0.2) is 4.39 Å². The van der Waals surface area contributed by atoms with Crippen molar-refractivity contribution in [2.75, 3.05) is 0 Å². The third kappa shape index (κ3) is 4.22. The molecule has 144 valence electrons. The van der Waals surface area contributed by atoms with E-state index in [4.69, 9.17) is 0 Å². The van der Waals surface area contributed by atoms with Crippen molar-refractivity contribution in [2.24, 2.45) is 17.8 Å². The maximum atomic E-state index is 14.7. The lowest BCUT2D eigenvalue weighted by molar-refractivity contribution is 0.133. The van der Waals surface area contributed by atoms with E-state index in [1.54, 1.807) is 6.07 Å². The number of benzene rings is 2. The first-order valence-corrected chi connectivity index (χ1v) is 10.6. The predicted molar refractivity (Wildman–Crippen MR) is 115 cm³/mol. The Morgan fingerprint density at radius 3 is 2.43 bits per heavy atom. The highest BCUT2D eigenvalue weighted by molar-refractivity contribution is 5.45. The molecule has 2 saturated carbocycles. The maximum absolute atomic E-state index is 14.7. The molecule has 2 aliphatic carbocycles. The molecule has 28 heavy (non-hydrogen) atoms. The van der Waals surface area contributed by atoms with Crippen molar-refractivity contribution < 1.29 is 4.39 Å². The Morgan fingerprint density at radius 1 is 0.929 bits per heavy atom. The summed E-state index contributed by atoms with van der Waals surface area (Å²) in [4.78, 5) is 0. The Balaban J connectivity index is 1.45. The molecule has 0 radical (unpaired) electrons. The van der Waals surface area contributed by atoms with Crippen molar-refractivity contribution in [1.29, 1.82) is 0 Å². The average molecular weight is 373 g/mol. The van der Waals surface area contributed by atoms with Crippen LogP contribution in [0, 0.1) is 42.3 Å². The van der Waals surface area contributed by atoms with Gasteiger partial charge in [-0.15, -0.1) is 6.58 Å². The molecule has 2 aromatic rings. The standard InChI is InChI=1S/C27H29F/c1-3-20-8-11-24-17-25(15-14-23(24)16-20)26-13-12-22(27(28)18-26)10-9-21-6-4-19(2)5-7-21/h3-7,12-13,18,20,23-25H,1,8,11,14-17H2,2H3. The second-order valence-corrected chi connectivity index (χ2v) is 8.69. The molecule has 2 aliphatic rings. The number of aryl methyl sites for hydroxylation is 1. The van der Waals surface area contributed by atoms with E-state index in [1.165, 1.54) is 44.1 Å². The molecular weight excluding hydrogens is 343 g/mol. The van der Waals surface area contributed by atoms with Gasteiger partial charge in [0.1, 0.15) is 5.82 Å². The Kier molecular flexibility index (Phi) is 5.67. The van der Waals surface area contributed by atoms with Crippen molar-refractivity contribution in [2.45, 2.75) is 51.4 Å². The fraction of sp³-hybridized carbons (Fsp3) is 0.407. The molecule has 0 aromatic heterocycles. The maximum Gasteiger partial charge on any atom is 0.139 e. The highest BCUT2D eigenvalue weighted by Gasteiger charge is 2.35. The Morgan fingerprint density at radius 2 is 1.68 bits per heavy atom. The van der Waals surface area contributed by atoms with E-state index in [9.17, 15) is 4.39 Å². The summed E-state index contributed by atoms with van der Waals surface area (Å²) in [6.45, 7) is 6.04. The van der Waals surface area contributed by atoms with E-state index < -0.39 is 0 Å². The lowest BCUT2D eigenvalue weighted by atomic mass is 9.64. The Labute approximate surface area is 168 Å². The van der Waals surface area contributed by atoms with Gasteiger partial charge in [0.05, 0.1) is 5.56 Å². The van der Waals surface area contributed by atoms with Crippen molar-refractivity contribution in [3.63, 3.8) is 0 Å². The third-order valence-corrected chi connectivity index (χ3v) is 6.84. The monoisotopic (exact) mass is 372 g/mol. The van der Waals surface area contributed by atoms with Crippen LogP contribution >= 0.6 is 0 Å². The van der Waals surface area contributed by atoms with Crippen molar-refractivity contribution >= 4 is 0 Å². The quantitative estimate of drug-likeness (QED) is 0.392. The van der Waals surface area contributed by atoms with Gasteiger partial charge in [0.15, 0.2) is 0 Å². The van der Waals surface area contributed by atoms with Crippen molar-refractivity contribution in [3.8, 4) is 11.8 Å². The van der Waals surface area contributed by atoms with Crippen LogP contribution in [-0.4, -0.2) is 0 Å². The fourth-order valence-electron chi connectivity index (χ4n) is 5.11. The largest absolute Gasteiger partial charge is 0.206 e. The van der Waals surface area contributed by atoms with Gasteiger partial charge in [0, 0.05) is 5.56 Å². The summed E-state index contributed by atoms with van der Waals surface area (Å²) < 4.78 is 14.7. The van der Waals surface area contributed by atoms with E-state index in [-0.39, 0.29) is 5.82 Å². The second kappa shape index (κ2) is 8.36. The molecule has 0 bridgehead atoms. The summed E-state index contributed by atoms with van der Waals surface area (Å²) in [5, 5.41) is 0. The highest BCUT2D eigenvalue weighted by Crippen LogP contribution is 2.47. The van der Waals surface area contributed by atoms with Crippen LogP contribution in [0.5, 0.6) is 0 Å². The smallest absolute Gasteiger partial charge is 0.139 e. The molecule has 2 fully saturated rings. The van der Waals surface area contributed by atoms with Gasteiger partial charge >= 0.3 is 0 Å². The van der Waals surface area contributed by atoms with Crippen LogP contribution in [-0.2, 0) is 0 Å². The molecule has 4 unspecified atom stereocenters. The van der Waals surface area contributed by atoms with Gasteiger partial charge < -0.3 is 0 Å². The number of fused-ring (bicyclic) bond motifs is 1. The molecule has 0 nitrogen and oxygen atoms in total. The summed E-state index contributed by atoms with van der Waals surface area (Å²) in [6.07, 6.45) is 9.70. The molecule has 0 aliphatic heterocycles. The van der Waals surface area contributed by atoms with Crippen molar-refractivity contribution in [3.05, 3.63) is 83.2 Å².